The molecule has 1 aromatic heterocycles. The van der Waals surface area contributed by atoms with E-state index in [-0.39, 0.29) is 11.7 Å². The van der Waals surface area contributed by atoms with Crippen molar-refractivity contribution in [2.75, 3.05) is 0 Å². The molecule has 1 atom stereocenters. The van der Waals surface area contributed by atoms with Gasteiger partial charge in [-0.1, -0.05) is 19.3 Å². The largest absolute Gasteiger partial charge is 0.335 e. The number of imide groups is 1. The van der Waals surface area contributed by atoms with E-state index in [1.165, 1.54) is 6.92 Å². The molecule has 1 aliphatic carbocycles. The Balaban J connectivity index is 2.01. The van der Waals surface area contributed by atoms with E-state index >= 15 is 0 Å². The third-order valence-corrected chi connectivity index (χ3v) is 4.11. The number of aromatic nitrogens is 1. The lowest BCUT2D eigenvalue weighted by Gasteiger charge is -2.23. The second kappa shape index (κ2) is 7.71. The number of urea groups is 1. The molecule has 130 valence electrons. The lowest BCUT2D eigenvalue weighted by atomic mass is 9.96. The van der Waals surface area contributed by atoms with Gasteiger partial charge in [0.2, 0.25) is 0 Å². The molecule has 24 heavy (non-hydrogen) atoms. The molecule has 1 aromatic rings. The maximum atomic E-state index is 12.1. The van der Waals surface area contributed by atoms with Gasteiger partial charge in [0, 0.05) is 18.2 Å². The summed E-state index contributed by atoms with van der Waals surface area (Å²) in [6.45, 7) is 1.40. The molecule has 3 amide bonds. The van der Waals surface area contributed by atoms with Gasteiger partial charge in [-0.25, -0.2) is 4.79 Å². The van der Waals surface area contributed by atoms with Crippen molar-refractivity contribution < 1.29 is 14.5 Å². The lowest BCUT2D eigenvalue weighted by Crippen LogP contribution is -2.47. The van der Waals surface area contributed by atoms with Crippen molar-refractivity contribution in [2.45, 2.75) is 51.1 Å². The van der Waals surface area contributed by atoms with E-state index in [0.717, 1.165) is 55.0 Å². The Morgan fingerprint density at radius 1 is 1.29 bits per heavy atom. The van der Waals surface area contributed by atoms with Gasteiger partial charge in [0.25, 0.3) is 17.2 Å². The zero-order valence-electron chi connectivity index (χ0n) is 13.4. The van der Waals surface area contributed by atoms with Gasteiger partial charge in [-0.05, 0) is 19.8 Å². The highest BCUT2D eigenvalue weighted by Gasteiger charge is 2.22. The first-order chi connectivity index (χ1) is 11.4. The van der Waals surface area contributed by atoms with Crippen LogP contribution >= 0.6 is 0 Å². The molecule has 1 fully saturated rings. The molecule has 1 saturated carbocycles. The molecule has 0 unspecified atom stereocenters. The zero-order valence-corrected chi connectivity index (χ0v) is 13.4. The van der Waals surface area contributed by atoms with Crippen LogP contribution in [0.15, 0.2) is 23.1 Å². The highest BCUT2D eigenvalue weighted by Crippen LogP contribution is 2.17. The van der Waals surface area contributed by atoms with Gasteiger partial charge >= 0.3 is 6.03 Å². The number of nitrogens with zero attached hydrogens (tertiary/aromatic N) is 2. The number of pyridine rings is 1. The fraction of sp³-hybridized carbons (Fsp3) is 0.533. The Bertz CT molecular complexity index is 693. The molecule has 0 radical (unpaired) electrons. The van der Waals surface area contributed by atoms with Crippen LogP contribution < -0.4 is 16.2 Å². The third kappa shape index (κ3) is 4.40. The molecule has 9 heteroatoms. The van der Waals surface area contributed by atoms with Crippen LogP contribution in [0.1, 0.15) is 45.1 Å². The van der Waals surface area contributed by atoms with E-state index in [9.17, 15) is 24.5 Å². The maximum absolute atomic E-state index is 12.1. The minimum Gasteiger partial charge on any atom is -0.335 e. The lowest BCUT2D eigenvalue weighted by molar-refractivity contribution is -0.385. The Kier molecular flexibility index (Phi) is 5.67. The van der Waals surface area contributed by atoms with Gasteiger partial charge in [0.1, 0.15) is 6.04 Å². The first-order valence-corrected chi connectivity index (χ1v) is 7.86. The average Bonchev–Trinajstić information content (AvgIpc) is 2.55. The van der Waals surface area contributed by atoms with Gasteiger partial charge in [0.05, 0.1) is 11.1 Å². The zero-order chi connectivity index (χ0) is 17.7. The van der Waals surface area contributed by atoms with Gasteiger partial charge < -0.3 is 5.32 Å². The SMILES string of the molecule is C[C@H](C(=O)NC(=O)NC1CCCCC1)n1cc([N+](=O)[O-])ccc1=O. The monoisotopic (exact) mass is 336 g/mol. The highest BCUT2D eigenvalue weighted by molar-refractivity contribution is 5.96. The van der Waals surface area contributed by atoms with Gasteiger partial charge in [-0.15, -0.1) is 0 Å². The maximum Gasteiger partial charge on any atom is 0.321 e. The van der Waals surface area contributed by atoms with Crippen LogP contribution in [0.3, 0.4) is 0 Å². The van der Waals surface area contributed by atoms with Crippen molar-refractivity contribution >= 4 is 17.6 Å². The van der Waals surface area contributed by atoms with Gasteiger partial charge in [0.15, 0.2) is 0 Å². The Morgan fingerprint density at radius 2 is 1.96 bits per heavy atom. The summed E-state index contributed by atoms with van der Waals surface area (Å²) in [5, 5.41) is 15.7. The van der Waals surface area contributed by atoms with Crippen LogP contribution in [0.5, 0.6) is 0 Å². The smallest absolute Gasteiger partial charge is 0.321 e. The normalized spacial score (nSPS) is 16.2. The fourth-order valence-electron chi connectivity index (χ4n) is 2.71. The first kappa shape index (κ1) is 17.6. The van der Waals surface area contributed by atoms with Crippen molar-refractivity contribution in [1.82, 2.24) is 15.2 Å². The molecule has 0 saturated heterocycles. The summed E-state index contributed by atoms with van der Waals surface area (Å²) in [4.78, 5) is 45.9. The molecule has 2 N–H and O–H groups in total. The summed E-state index contributed by atoms with van der Waals surface area (Å²) in [6, 6.07) is 0.470. The van der Waals surface area contributed by atoms with E-state index in [2.05, 4.69) is 10.6 Å². The topological polar surface area (TPSA) is 123 Å². The van der Waals surface area contributed by atoms with Crippen molar-refractivity contribution in [3.63, 3.8) is 0 Å². The molecular formula is C15H20N4O5. The van der Waals surface area contributed by atoms with Gasteiger partial charge in [-0.2, -0.15) is 0 Å². The molecule has 1 aliphatic rings. The summed E-state index contributed by atoms with van der Waals surface area (Å²) in [6.07, 6.45) is 5.97. The number of amides is 3. The van der Waals surface area contributed by atoms with Crippen molar-refractivity contribution in [1.29, 1.82) is 0 Å². The number of carbonyl (C=O) groups is 2. The predicted molar refractivity (Wildman–Crippen MR) is 85.6 cm³/mol. The van der Waals surface area contributed by atoms with Crippen LogP contribution in [0, 0.1) is 10.1 Å². The number of hydrogen-bond donors (Lipinski definition) is 2. The summed E-state index contributed by atoms with van der Waals surface area (Å²) in [7, 11) is 0. The number of hydrogen-bond acceptors (Lipinski definition) is 5. The minimum atomic E-state index is -1.05. The Labute approximate surface area is 138 Å². The van der Waals surface area contributed by atoms with Crippen molar-refractivity contribution in [2.24, 2.45) is 0 Å². The number of rotatable bonds is 4. The molecule has 1 heterocycles. The summed E-state index contributed by atoms with van der Waals surface area (Å²) >= 11 is 0. The standard InChI is InChI=1S/C15H20N4O5/c1-10(18-9-12(19(23)24)7-8-13(18)20)14(21)17-15(22)16-11-5-3-2-4-6-11/h7-11H,2-6H2,1H3,(H2,16,17,21,22)/t10-/m1/s1. The van der Waals surface area contributed by atoms with Crippen LogP contribution in [0.4, 0.5) is 10.5 Å². The first-order valence-electron chi connectivity index (χ1n) is 7.86. The Morgan fingerprint density at radius 3 is 2.58 bits per heavy atom. The molecule has 0 spiro atoms. The van der Waals surface area contributed by atoms with E-state index < -0.39 is 28.5 Å². The number of nitrogens with one attached hydrogen (secondary N) is 2. The number of carbonyl (C=O) groups excluding carboxylic acids is 2. The van der Waals surface area contributed by atoms with Crippen LogP contribution in [-0.4, -0.2) is 27.5 Å². The van der Waals surface area contributed by atoms with E-state index in [0.29, 0.717) is 0 Å². The Hall–Kier alpha value is -2.71. The van der Waals surface area contributed by atoms with E-state index in [1.807, 2.05) is 0 Å². The predicted octanol–water partition coefficient (Wildman–Crippen LogP) is 1.48. The second-order valence-corrected chi connectivity index (χ2v) is 5.86. The summed E-state index contributed by atoms with van der Waals surface area (Å²) < 4.78 is 0.932. The van der Waals surface area contributed by atoms with Crippen molar-refractivity contribution in [3.8, 4) is 0 Å². The fourth-order valence-corrected chi connectivity index (χ4v) is 2.71. The molecular weight excluding hydrogens is 316 g/mol. The van der Waals surface area contributed by atoms with Crippen molar-refractivity contribution in [3.05, 3.63) is 38.8 Å². The quantitative estimate of drug-likeness (QED) is 0.636. The molecule has 0 bridgehead atoms. The molecule has 0 aromatic carbocycles. The van der Waals surface area contributed by atoms with Gasteiger partial charge in [-0.3, -0.25) is 29.6 Å². The highest BCUT2D eigenvalue weighted by atomic mass is 16.6. The summed E-state index contributed by atoms with van der Waals surface area (Å²) in [5.74, 6) is -0.703. The van der Waals surface area contributed by atoms with Crippen LogP contribution in [-0.2, 0) is 4.79 Å². The van der Waals surface area contributed by atoms with Crippen LogP contribution in [0.25, 0.3) is 0 Å². The molecule has 0 aliphatic heterocycles. The van der Waals surface area contributed by atoms with E-state index in [4.69, 9.17) is 0 Å². The third-order valence-electron chi connectivity index (χ3n) is 4.11. The minimum absolute atomic E-state index is 0.0439. The second-order valence-electron chi connectivity index (χ2n) is 5.86. The average molecular weight is 336 g/mol. The summed E-state index contributed by atoms with van der Waals surface area (Å²) in [5.41, 5.74) is -0.864. The molecule has 2 rings (SSSR count). The number of nitro groups is 1. The van der Waals surface area contributed by atoms with Crippen LogP contribution in [0.2, 0.25) is 0 Å². The van der Waals surface area contributed by atoms with E-state index in [1.54, 1.807) is 0 Å². The molecule has 9 nitrogen and oxygen atoms in total.